The number of nitrogens with one attached hydrogen (secondary N) is 1. The molecule has 0 unspecified atom stereocenters. The Labute approximate surface area is 107 Å². The van der Waals surface area contributed by atoms with Gasteiger partial charge < -0.3 is 5.32 Å². The fraction of sp³-hybridized carbons (Fsp3) is 0.538. The van der Waals surface area contributed by atoms with Crippen LogP contribution in [0.5, 0.6) is 0 Å². The average molecular weight is 317 g/mol. The molecular formula is C13H20IN. The van der Waals surface area contributed by atoms with E-state index in [0.717, 1.165) is 19.0 Å². The van der Waals surface area contributed by atoms with E-state index in [4.69, 9.17) is 0 Å². The highest BCUT2D eigenvalue weighted by Crippen LogP contribution is 2.08. The highest BCUT2D eigenvalue weighted by molar-refractivity contribution is 14.1. The van der Waals surface area contributed by atoms with E-state index >= 15 is 0 Å². The number of benzene rings is 1. The van der Waals surface area contributed by atoms with E-state index in [1.807, 2.05) is 0 Å². The highest BCUT2D eigenvalue weighted by atomic mass is 127. The van der Waals surface area contributed by atoms with Gasteiger partial charge in [0.15, 0.2) is 0 Å². The summed E-state index contributed by atoms with van der Waals surface area (Å²) in [7, 11) is 0. The van der Waals surface area contributed by atoms with E-state index in [9.17, 15) is 0 Å². The molecule has 0 aliphatic heterocycles. The van der Waals surface area contributed by atoms with Crippen LogP contribution in [0.2, 0.25) is 0 Å². The molecule has 0 saturated carbocycles. The fourth-order valence-electron chi connectivity index (χ4n) is 1.46. The minimum atomic E-state index is 0.753. The lowest BCUT2D eigenvalue weighted by Crippen LogP contribution is -2.21. The lowest BCUT2D eigenvalue weighted by atomic mass is 10.1. The van der Waals surface area contributed by atoms with E-state index < -0.39 is 0 Å². The van der Waals surface area contributed by atoms with Crippen molar-refractivity contribution >= 4 is 22.6 Å². The summed E-state index contributed by atoms with van der Waals surface area (Å²) in [6.07, 6.45) is 2.41. The largest absolute Gasteiger partial charge is 0.316 e. The molecule has 0 radical (unpaired) electrons. The first-order valence-electron chi connectivity index (χ1n) is 5.63. The van der Waals surface area contributed by atoms with Crippen molar-refractivity contribution in [3.05, 3.63) is 33.4 Å². The Balaban J connectivity index is 2.12. The van der Waals surface area contributed by atoms with E-state index in [2.05, 4.69) is 66.0 Å². The van der Waals surface area contributed by atoms with Crippen LogP contribution in [0.25, 0.3) is 0 Å². The van der Waals surface area contributed by atoms with Gasteiger partial charge in [-0.2, -0.15) is 0 Å². The first-order chi connectivity index (χ1) is 7.18. The van der Waals surface area contributed by atoms with Crippen molar-refractivity contribution in [3.63, 3.8) is 0 Å². The zero-order valence-electron chi connectivity index (χ0n) is 9.59. The van der Waals surface area contributed by atoms with Gasteiger partial charge in [0.1, 0.15) is 0 Å². The number of hydrogen-bond acceptors (Lipinski definition) is 1. The molecule has 0 aliphatic carbocycles. The van der Waals surface area contributed by atoms with Crippen LogP contribution < -0.4 is 5.32 Å². The second-order valence-corrected chi connectivity index (χ2v) is 5.57. The summed E-state index contributed by atoms with van der Waals surface area (Å²) >= 11 is 2.34. The third-order valence-electron chi connectivity index (χ3n) is 2.28. The molecule has 1 nitrogen and oxygen atoms in total. The summed E-state index contributed by atoms with van der Waals surface area (Å²) in [6.45, 7) is 6.75. The summed E-state index contributed by atoms with van der Waals surface area (Å²) in [5.41, 5.74) is 1.45. The smallest absolute Gasteiger partial charge is 0.0130 e. The first kappa shape index (κ1) is 13.0. The van der Waals surface area contributed by atoms with Crippen molar-refractivity contribution in [2.45, 2.75) is 26.7 Å². The molecule has 84 valence electrons. The third-order valence-corrected chi connectivity index (χ3v) is 3.00. The van der Waals surface area contributed by atoms with E-state index in [1.54, 1.807) is 0 Å². The zero-order chi connectivity index (χ0) is 11.1. The van der Waals surface area contributed by atoms with Gasteiger partial charge in [0.05, 0.1) is 0 Å². The van der Waals surface area contributed by atoms with Gasteiger partial charge in [-0.1, -0.05) is 26.0 Å². The first-order valence-corrected chi connectivity index (χ1v) is 6.71. The van der Waals surface area contributed by atoms with Gasteiger partial charge in [0.2, 0.25) is 0 Å². The van der Waals surface area contributed by atoms with Crippen molar-refractivity contribution in [3.8, 4) is 0 Å². The Morgan fingerprint density at radius 1 is 1.20 bits per heavy atom. The summed E-state index contributed by atoms with van der Waals surface area (Å²) in [6, 6.07) is 8.81. The SMILES string of the molecule is CC(C)CNCCCc1ccc(I)cc1. The van der Waals surface area contributed by atoms with Gasteiger partial charge in [-0.25, -0.2) is 0 Å². The van der Waals surface area contributed by atoms with Crippen molar-refractivity contribution in [2.24, 2.45) is 5.92 Å². The van der Waals surface area contributed by atoms with Crippen LogP contribution in [-0.4, -0.2) is 13.1 Å². The molecule has 0 heterocycles. The maximum atomic E-state index is 3.46. The predicted octanol–water partition coefficient (Wildman–Crippen LogP) is 3.47. The Bertz CT molecular complexity index is 266. The summed E-state index contributed by atoms with van der Waals surface area (Å²) < 4.78 is 1.31. The van der Waals surface area contributed by atoms with Crippen molar-refractivity contribution in [1.29, 1.82) is 0 Å². The lowest BCUT2D eigenvalue weighted by molar-refractivity contribution is 0.543. The van der Waals surface area contributed by atoms with Crippen LogP contribution >= 0.6 is 22.6 Å². The van der Waals surface area contributed by atoms with Crippen LogP contribution in [0.1, 0.15) is 25.8 Å². The molecule has 1 aromatic carbocycles. The van der Waals surface area contributed by atoms with Crippen LogP contribution in [-0.2, 0) is 6.42 Å². The molecule has 0 fully saturated rings. The maximum absolute atomic E-state index is 3.46. The highest BCUT2D eigenvalue weighted by Gasteiger charge is 1.95. The van der Waals surface area contributed by atoms with Crippen molar-refractivity contribution in [2.75, 3.05) is 13.1 Å². The molecule has 0 bridgehead atoms. The van der Waals surface area contributed by atoms with E-state index in [1.165, 1.54) is 22.0 Å². The Kier molecular flexibility index (Phi) is 6.25. The topological polar surface area (TPSA) is 12.0 Å². The summed E-state index contributed by atoms with van der Waals surface area (Å²) in [5.74, 6) is 0.753. The number of rotatable bonds is 6. The number of hydrogen-bond donors (Lipinski definition) is 1. The van der Waals surface area contributed by atoms with Gasteiger partial charge in [-0.3, -0.25) is 0 Å². The third kappa shape index (κ3) is 6.15. The predicted molar refractivity (Wildman–Crippen MR) is 75.2 cm³/mol. The Morgan fingerprint density at radius 2 is 1.87 bits per heavy atom. The van der Waals surface area contributed by atoms with Crippen LogP contribution in [0.15, 0.2) is 24.3 Å². The molecule has 1 rings (SSSR count). The Morgan fingerprint density at radius 3 is 2.47 bits per heavy atom. The molecule has 0 atom stereocenters. The standard InChI is InChI=1S/C13H20IN/c1-11(2)10-15-9-3-4-12-5-7-13(14)8-6-12/h5-8,11,15H,3-4,9-10H2,1-2H3. The van der Waals surface area contributed by atoms with Gasteiger partial charge in [0.25, 0.3) is 0 Å². The second-order valence-electron chi connectivity index (χ2n) is 4.33. The molecule has 2 heteroatoms. The van der Waals surface area contributed by atoms with Crippen LogP contribution in [0.3, 0.4) is 0 Å². The van der Waals surface area contributed by atoms with E-state index in [0.29, 0.717) is 0 Å². The molecule has 1 N–H and O–H groups in total. The van der Waals surface area contributed by atoms with Gasteiger partial charge in [-0.15, -0.1) is 0 Å². The summed E-state index contributed by atoms with van der Waals surface area (Å²) in [5, 5.41) is 3.46. The van der Waals surface area contributed by atoms with Gasteiger partial charge in [0, 0.05) is 3.57 Å². The molecule has 0 spiro atoms. The molecule has 0 aromatic heterocycles. The zero-order valence-corrected chi connectivity index (χ0v) is 11.8. The average Bonchev–Trinajstić information content (AvgIpc) is 2.20. The minimum absolute atomic E-state index is 0.753. The normalized spacial score (nSPS) is 10.9. The van der Waals surface area contributed by atoms with Crippen molar-refractivity contribution in [1.82, 2.24) is 5.32 Å². The lowest BCUT2D eigenvalue weighted by Gasteiger charge is -2.07. The molecule has 0 saturated heterocycles. The monoisotopic (exact) mass is 317 g/mol. The van der Waals surface area contributed by atoms with Crippen LogP contribution in [0, 0.1) is 9.49 Å². The van der Waals surface area contributed by atoms with Crippen molar-refractivity contribution < 1.29 is 0 Å². The van der Waals surface area contributed by atoms with Gasteiger partial charge in [-0.05, 0) is 72.1 Å². The Hall–Kier alpha value is -0.0900. The fourth-order valence-corrected chi connectivity index (χ4v) is 1.82. The number of aryl methyl sites for hydroxylation is 1. The van der Waals surface area contributed by atoms with E-state index in [-0.39, 0.29) is 0 Å². The molecule has 0 aliphatic rings. The minimum Gasteiger partial charge on any atom is -0.316 e. The molecule has 15 heavy (non-hydrogen) atoms. The summed E-state index contributed by atoms with van der Waals surface area (Å²) in [4.78, 5) is 0. The molecule has 1 aromatic rings. The molecular weight excluding hydrogens is 297 g/mol. The second kappa shape index (κ2) is 7.23. The molecule has 0 amide bonds. The number of halogens is 1. The maximum Gasteiger partial charge on any atom is 0.0130 e. The van der Waals surface area contributed by atoms with Gasteiger partial charge >= 0.3 is 0 Å². The quantitative estimate of drug-likeness (QED) is 0.626. The van der Waals surface area contributed by atoms with Crippen LogP contribution in [0.4, 0.5) is 0 Å².